The van der Waals surface area contributed by atoms with E-state index in [-0.39, 0.29) is 0 Å². The number of ether oxygens (including phenoxy) is 3. The van der Waals surface area contributed by atoms with Gasteiger partial charge in [0, 0.05) is 46.0 Å². The van der Waals surface area contributed by atoms with E-state index in [1.54, 1.807) is 11.8 Å². The van der Waals surface area contributed by atoms with Gasteiger partial charge < -0.3 is 19.3 Å². The second-order valence-electron chi connectivity index (χ2n) is 8.85. The van der Waals surface area contributed by atoms with Gasteiger partial charge in [0.25, 0.3) is 0 Å². The fraction of sp³-hybridized carbons (Fsp3) is 0.464. The van der Waals surface area contributed by atoms with Crippen molar-refractivity contribution in [3.63, 3.8) is 0 Å². The van der Waals surface area contributed by atoms with E-state index in [4.69, 9.17) is 19.3 Å². The van der Waals surface area contributed by atoms with Crippen molar-refractivity contribution in [2.45, 2.75) is 39.3 Å². The Kier molecular flexibility index (Phi) is 10.8. The maximum Gasteiger partial charge on any atom is 0.222 e. The summed E-state index contributed by atoms with van der Waals surface area (Å²) in [5.74, 6) is 1.45. The van der Waals surface area contributed by atoms with Gasteiger partial charge >= 0.3 is 0 Å². The van der Waals surface area contributed by atoms with Crippen molar-refractivity contribution in [3.05, 3.63) is 65.7 Å². The van der Waals surface area contributed by atoms with Crippen molar-refractivity contribution in [2.75, 3.05) is 40.0 Å². The molecule has 0 fully saturated rings. The normalized spacial score (nSPS) is 12.3. The lowest BCUT2D eigenvalue weighted by Gasteiger charge is -2.25. The van der Waals surface area contributed by atoms with Crippen molar-refractivity contribution in [3.8, 4) is 22.9 Å². The number of aryl methyl sites for hydroxylation is 2. The quantitative estimate of drug-likeness (QED) is 0.314. The van der Waals surface area contributed by atoms with E-state index in [0.29, 0.717) is 45.3 Å². The average Bonchev–Trinajstić information content (AvgIpc) is 3.15. The van der Waals surface area contributed by atoms with Gasteiger partial charge in [0.15, 0.2) is 0 Å². The molecule has 2 aromatic carbocycles. The van der Waals surface area contributed by atoms with Crippen LogP contribution in [0.1, 0.15) is 30.9 Å². The van der Waals surface area contributed by atoms with Crippen LogP contribution in [0.4, 0.5) is 0 Å². The van der Waals surface area contributed by atoms with Gasteiger partial charge in [0.1, 0.15) is 11.4 Å². The molecule has 0 aliphatic rings. The van der Waals surface area contributed by atoms with Gasteiger partial charge in [-0.3, -0.25) is 4.90 Å². The van der Waals surface area contributed by atoms with Crippen LogP contribution in [0.3, 0.4) is 0 Å². The van der Waals surface area contributed by atoms with Crippen LogP contribution in [0, 0.1) is 6.92 Å². The summed E-state index contributed by atoms with van der Waals surface area (Å²) in [4.78, 5) is 2.17. The molecular weight excluding hydrogens is 442 g/mol. The van der Waals surface area contributed by atoms with Gasteiger partial charge in [-0.05, 0) is 31.0 Å². The largest absolute Gasteiger partial charge is 0.439 e. The Morgan fingerprint density at radius 2 is 1.89 bits per heavy atom. The first kappa shape index (κ1) is 26.9. The Balaban J connectivity index is 1.89. The van der Waals surface area contributed by atoms with Crippen LogP contribution in [0.25, 0.3) is 11.3 Å². The van der Waals surface area contributed by atoms with E-state index in [1.165, 1.54) is 0 Å². The lowest BCUT2D eigenvalue weighted by molar-refractivity contribution is 0.0101. The van der Waals surface area contributed by atoms with Gasteiger partial charge in [0.05, 0.1) is 24.9 Å². The third-order valence-corrected chi connectivity index (χ3v) is 5.75. The van der Waals surface area contributed by atoms with E-state index >= 15 is 0 Å². The van der Waals surface area contributed by atoms with E-state index in [9.17, 15) is 5.11 Å². The van der Waals surface area contributed by atoms with Crippen LogP contribution in [-0.2, 0) is 23.1 Å². The molecule has 0 spiro atoms. The van der Waals surface area contributed by atoms with Gasteiger partial charge in [-0.25, -0.2) is 4.68 Å². The summed E-state index contributed by atoms with van der Waals surface area (Å²) in [6.07, 6.45) is 1.47. The molecule has 3 rings (SSSR count). The van der Waals surface area contributed by atoms with Crippen LogP contribution in [0.15, 0.2) is 54.6 Å². The van der Waals surface area contributed by atoms with Gasteiger partial charge in [0.2, 0.25) is 5.88 Å². The Hall–Kier alpha value is -2.71. The third-order valence-electron chi connectivity index (χ3n) is 5.75. The van der Waals surface area contributed by atoms with Crippen molar-refractivity contribution >= 4 is 0 Å². The van der Waals surface area contributed by atoms with E-state index < -0.39 is 6.10 Å². The molecule has 0 amide bonds. The van der Waals surface area contributed by atoms with Crippen molar-refractivity contribution in [2.24, 2.45) is 7.05 Å². The molecule has 1 aromatic heterocycles. The minimum Gasteiger partial charge on any atom is -0.439 e. The monoisotopic (exact) mass is 481 g/mol. The van der Waals surface area contributed by atoms with E-state index in [1.807, 2.05) is 56.4 Å². The zero-order chi connectivity index (χ0) is 25.0. The summed E-state index contributed by atoms with van der Waals surface area (Å²) < 4.78 is 19.2. The molecule has 0 saturated carbocycles. The molecule has 0 unspecified atom stereocenters. The SMILES string of the molecule is CCCCOC[C@H](O)CN(CCOC)Cc1c(-c2ccccc2)nn(C)c1Oc1cccc(C)c1. The summed E-state index contributed by atoms with van der Waals surface area (Å²) >= 11 is 0. The number of aromatic nitrogens is 2. The predicted octanol–water partition coefficient (Wildman–Crippen LogP) is 4.81. The molecule has 190 valence electrons. The second kappa shape index (κ2) is 14.0. The number of benzene rings is 2. The van der Waals surface area contributed by atoms with Crippen LogP contribution in [-0.4, -0.2) is 65.9 Å². The zero-order valence-electron chi connectivity index (χ0n) is 21.4. The first-order valence-corrected chi connectivity index (χ1v) is 12.3. The van der Waals surface area contributed by atoms with E-state index in [0.717, 1.165) is 41.0 Å². The molecular formula is C28H39N3O4. The molecule has 0 aliphatic carbocycles. The number of aliphatic hydroxyl groups is 1. The molecule has 1 atom stereocenters. The van der Waals surface area contributed by atoms with Gasteiger partial charge in [-0.2, -0.15) is 5.10 Å². The van der Waals surface area contributed by atoms with Gasteiger partial charge in [-0.1, -0.05) is 55.8 Å². The minimum atomic E-state index is -0.596. The summed E-state index contributed by atoms with van der Waals surface area (Å²) in [5.41, 5.74) is 3.98. The number of hydrogen-bond donors (Lipinski definition) is 1. The Morgan fingerprint density at radius 1 is 1.09 bits per heavy atom. The van der Waals surface area contributed by atoms with Gasteiger partial charge in [-0.15, -0.1) is 0 Å². The van der Waals surface area contributed by atoms with Crippen LogP contribution in [0.5, 0.6) is 11.6 Å². The Bertz CT molecular complexity index is 1020. The van der Waals surface area contributed by atoms with Crippen LogP contribution >= 0.6 is 0 Å². The average molecular weight is 482 g/mol. The fourth-order valence-electron chi connectivity index (χ4n) is 3.94. The summed E-state index contributed by atoms with van der Waals surface area (Å²) in [5, 5.41) is 15.5. The highest BCUT2D eigenvalue weighted by molar-refractivity contribution is 5.65. The molecule has 3 aromatic rings. The molecule has 1 N–H and O–H groups in total. The van der Waals surface area contributed by atoms with Crippen LogP contribution in [0.2, 0.25) is 0 Å². The van der Waals surface area contributed by atoms with E-state index in [2.05, 4.69) is 24.0 Å². The fourth-order valence-corrected chi connectivity index (χ4v) is 3.94. The molecule has 35 heavy (non-hydrogen) atoms. The molecule has 0 radical (unpaired) electrons. The summed E-state index contributed by atoms with van der Waals surface area (Å²) in [7, 11) is 3.59. The molecule has 1 heterocycles. The first-order chi connectivity index (χ1) is 17.0. The highest BCUT2D eigenvalue weighted by atomic mass is 16.5. The smallest absolute Gasteiger partial charge is 0.222 e. The lowest BCUT2D eigenvalue weighted by Crippen LogP contribution is -2.36. The number of unbranched alkanes of at least 4 members (excludes halogenated alkanes) is 1. The number of rotatable bonds is 15. The minimum absolute atomic E-state index is 0.314. The number of aliphatic hydroxyl groups excluding tert-OH is 1. The molecule has 7 heteroatoms. The third kappa shape index (κ3) is 8.18. The predicted molar refractivity (Wildman–Crippen MR) is 139 cm³/mol. The molecule has 7 nitrogen and oxygen atoms in total. The van der Waals surface area contributed by atoms with Crippen LogP contribution < -0.4 is 4.74 Å². The molecule has 0 bridgehead atoms. The molecule has 0 aliphatic heterocycles. The number of nitrogens with zero attached hydrogens (tertiary/aromatic N) is 3. The zero-order valence-corrected chi connectivity index (χ0v) is 21.4. The topological polar surface area (TPSA) is 69.0 Å². The maximum absolute atomic E-state index is 10.7. The highest BCUT2D eigenvalue weighted by Crippen LogP contribution is 2.34. The highest BCUT2D eigenvalue weighted by Gasteiger charge is 2.23. The molecule has 0 saturated heterocycles. The standard InChI is InChI=1S/C28H39N3O4/c1-5-6-16-34-21-24(32)19-31(15-17-33-4)20-26-27(23-12-8-7-9-13-23)29-30(3)28(26)35-25-14-10-11-22(2)18-25/h7-14,18,24,32H,5-6,15-17,19-21H2,1-4H3/t24-/m1/s1. The maximum atomic E-state index is 10.7. The lowest BCUT2D eigenvalue weighted by atomic mass is 10.1. The second-order valence-corrected chi connectivity index (χ2v) is 8.85. The Labute approximate surface area is 209 Å². The summed E-state index contributed by atoms with van der Waals surface area (Å²) in [6, 6.07) is 18.1. The number of hydrogen-bond acceptors (Lipinski definition) is 6. The van der Waals surface area contributed by atoms with Crippen molar-refractivity contribution < 1.29 is 19.3 Å². The Morgan fingerprint density at radius 3 is 2.60 bits per heavy atom. The first-order valence-electron chi connectivity index (χ1n) is 12.3. The van der Waals surface area contributed by atoms with Crippen molar-refractivity contribution in [1.82, 2.24) is 14.7 Å². The van der Waals surface area contributed by atoms with Crippen molar-refractivity contribution in [1.29, 1.82) is 0 Å². The summed E-state index contributed by atoms with van der Waals surface area (Å²) in [6.45, 7) is 7.38. The number of methoxy groups -OCH3 is 1.